The predicted molar refractivity (Wildman–Crippen MR) is 82.1 cm³/mol. The zero-order chi connectivity index (χ0) is 14.8. The molecular formula is C18H18O3. The Balaban J connectivity index is 1.91. The molecule has 1 aromatic carbocycles. The second-order valence-corrected chi connectivity index (χ2v) is 5.52. The summed E-state index contributed by atoms with van der Waals surface area (Å²) in [5.41, 5.74) is 4.53. The van der Waals surface area contributed by atoms with Gasteiger partial charge in [-0.2, -0.15) is 0 Å². The summed E-state index contributed by atoms with van der Waals surface area (Å²) >= 11 is 0. The van der Waals surface area contributed by atoms with Crippen LogP contribution in [0, 0.1) is 0 Å². The van der Waals surface area contributed by atoms with Crippen molar-refractivity contribution in [2.75, 3.05) is 0 Å². The molecule has 0 fully saturated rings. The highest BCUT2D eigenvalue weighted by molar-refractivity contribution is 5.88. The number of furan rings is 1. The molecule has 3 heteroatoms. The van der Waals surface area contributed by atoms with Gasteiger partial charge in [0.25, 0.3) is 0 Å². The summed E-state index contributed by atoms with van der Waals surface area (Å²) in [5.74, 6) is 0.431. The Kier molecular flexibility index (Phi) is 3.65. The molecule has 3 rings (SSSR count). The Labute approximate surface area is 123 Å². The molecule has 1 aliphatic carbocycles. The molecular weight excluding hydrogens is 264 g/mol. The van der Waals surface area contributed by atoms with Gasteiger partial charge in [-0.25, -0.2) is 4.79 Å². The average Bonchev–Trinajstić information content (AvgIpc) is 2.96. The van der Waals surface area contributed by atoms with Crippen LogP contribution in [0.2, 0.25) is 0 Å². The van der Waals surface area contributed by atoms with Crippen molar-refractivity contribution in [3.63, 3.8) is 0 Å². The molecule has 3 nitrogen and oxygen atoms in total. The Bertz CT molecular complexity index is 707. The fourth-order valence-electron chi connectivity index (χ4n) is 2.85. The van der Waals surface area contributed by atoms with Crippen LogP contribution in [0.25, 0.3) is 16.9 Å². The molecule has 1 aliphatic rings. The minimum absolute atomic E-state index is 0.602. The molecule has 2 aromatic rings. The molecule has 0 atom stereocenters. The van der Waals surface area contributed by atoms with Gasteiger partial charge in [0.15, 0.2) is 0 Å². The molecule has 1 N–H and O–H groups in total. The summed E-state index contributed by atoms with van der Waals surface area (Å²) in [6.07, 6.45) is 5.99. The van der Waals surface area contributed by atoms with E-state index in [1.54, 1.807) is 6.92 Å². The summed E-state index contributed by atoms with van der Waals surface area (Å²) in [5, 5.41) is 8.78. The maximum atomic E-state index is 10.7. The van der Waals surface area contributed by atoms with Gasteiger partial charge in [0.05, 0.1) is 0 Å². The molecule has 0 aliphatic heterocycles. The maximum Gasteiger partial charge on any atom is 0.328 e. The third kappa shape index (κ3) is 2.92. The Morgan fingerprint density at radius 2 is 1.90 bits per heavy atom. The first kappa shape index (κ1) is 13.7. The Morgan fingerprint density at radius 1 is 1.14 bits per heavy atom. The number of aryl methyl sites for hydroxylation is 2. The Morgan fingerprint density at radius 3 is 2.67 bits per heavy atom. The zero-order valence-electron chi connectivity index (χ0n) is 12.1. The van der Waals surface area contributed by atoms with E-state index in [1.807, 2.05) is 12.1 Å². The average molecular weight is 282 g/mol. The molecule has 108 valence electrons. The lowest BCUT2D eigenvalue weighted by atomic mass is 9.90. The highest BCUT2D eigenvalue weighted by Gasteiger charge is 2.12. The van der Waals surface area contributed by atoms with Crippen LogP contribution >= 0.6 is 0 Å². The summed E-state index contributed by atoms with van der Waals surface area (Å²) in [4.78, 5) is 10.7. The largest absolute Gasteiger partial charge is 0.478 e. The summed E-state index contributed by atoms with van der Waals surface area (Å²) < 4.78 is 5.79. The van der Waals surface area contributed by atoms with Crippen LogP contribution in [0.4, 0.5) is 0 Å². The minimum Gasteiger partial charge on any atom is -0.478 e. The first-order valence-corrected chi connectivity index (χ1v) is 7.27. The SMILES string of the molecule is C/C(=C\C(=O)O)c1ccc(-c2ccc3c(c2)CCCC3)o1. The summed E-state index contributed by atoms with van der Waals surface area (Å²) in [6.45, 7) is 1.74. The maximum absolute atomic E-state index is 10.7. The number of allylic oxidation sites excluding steroid dienone is 1. The first-order valence-electron chi connectivity index (χ1n) is 7.27. The lowest BCUT2D eigenvalue weighted by molar-refractivity contribution is -0.131. The van der Waals surface area contributed by atoms with Crippen molar-refractivity contribution in [1.82, 2.24) is 0 Å². The highest BCUT2D eigenvalue weighted by atomic mass is 16.4. The number of hydrogen-bond acceptors (Lipinski definition) is 2. The van der Waals surface area contributed by atoms with Gasteiger partial charge in [-0.05, 0) is 67.5 Å². The van der Waals surface area contributed by atoms with Crippen LogP contribution in [0.5, 0.6) is 0 Å². The first-order chi connectivity index (χ1) is 10.1. The molecule has 0 saturated carbocycles. The van der Waals surface area contributed by atoms with Crippen molar-refractivity contribution in [1.29, 1.82) is 0 Å². The number of carboxylic acid groups (broad SMARTS) is 1. The van der Waals surface area contributed by atoms with Crippen molar-refractivity contribution in [3.8, 4) is 11.3 Å². The van der Waals surface area contributed by atoms with Crippen molar-refractivity contribution >= 4 is 11.5 Å². The van der Waals surface area contributed by atoms with Crippen LogP contribution in [0.3, 0.4) is 0 Å². The van der Waals surface area contributed by atoms with E-state index in [9.17, 15) is 4.79 Å². The molecule has 0 spiro atoms. The normalized spacial score (nSPS) is 14.8. The fourth-order valence-corrected chi connectivity index (χ4v) is 2.85. The number of aliphatic carboxylic acids is 1. The third-order valence-electron chi connectivity index (χ3n) is 3.97. The second-order valence-electron chi connectivity index (χ2n) is 5.52. The molecule has 1 heterocycles. The van der Waals surface area contributed by atoms with Gasteiger partial charge < -0.3 is 9.52 Å². The van der Waals surface area contributed by atoms with Crippen LogP contribution in [-0.2, 0) is 17.6 Å². The standard InChI is InChI=1S/C18H18O3/c1-12(10-18(19)20)16-8-9-17(21-16)15-7-6-13-4-2-3-5-14(13)11-15/h6-11H,2-5H2,1H3,(H,19,20)/b12-10+. The fraction of sp³-hybridized carbons (Fsp3) is 0.278. The van der Waals surface area contributed by atoms with Crippen molar-refractivity contribution < 1.29 is 14.3 Å². The third-order valence-corrected chi connectivity index (χ3v) is 3.97. The van der Waals surface area contributed by atoms with Crippen LogP contribution in [0.1, 0.15) is 36.7 Å². The van der Waals surface area contributed by atoms with Gasteiger partial charge in [0.1, 0.15) is 11.5 Å². The van der Waals surface area contributed by atoms with E-state index >= 15 is 0 Å². The lowest BCUT2D eigenvalue weighted by Gasteiger charge is -2.15. The van der Waals surface area contributed by atoms with Crippen molar-refractivity contribution in [2.45, 2.75) is 32.6 Å². The number of benzene rings is 1. The molecule has 0 saturated heterocycles. The van der Waals surface area contributed by atoms with E-state index in [0.29, 0.717) is 11.3 Å². The smallest absolute Gasteiger partial charge is 0.328 e. The predicted octanol–water partition coefficient (Wildman–Crippen LogP) is 4.31. The van der Waals surface area contributed by atoms with Gasteiger partial charge >= 0.3 is 5.97 Å². The van der Waals surface area contributed by atoms with Gasteiger partial charge in [-0.15, -0.1) is 0 Å². The number of carboxylic acids is 1. The highest BCUT2D eigenvalue weighted by Crippen LogP contribution is 2.30. The molecule has 21 heavy (non-hydrogen) atoms. The summed E-state index contributed by atoms with van der Waals surface area (Å²) in [7, 11) is 0. The van der Waals surface area contributed by atoms with Gasteiger partial charge in [-0.3, -0.25) is 0 Å². The van der Waals surface area contributed by atoms with Crippen molar-refractivity contribution in [2.24, 2.45) is 0 Å². The quantitative estimate of drug-likeness (QED) is 0.853. The van der Waals surface area contributed by atoms with Gasteiger partial charge in [0, 0.05) is 11.6 Å². The van der Waals surface area contributed by atoms with E-state index < -0.39 is 5.97 Å². The molecule has 0 amide bonds. The van der Waals surface area contributed by atoms with E-state index in [0.717, 1.165) is 23.8 Å². The number of hydrogen-bond donors (Lipinski definition) is 1. The number of carbonyl (C=O) groups is 1. The molecule has 0 bridgehead atoms. The van der Waals surface area contributed by atoms with Crippen LogP contribution in [0.15, 0.2) is 40.8 Å². The van der Waals surface area contributed by atoms with E-state index in [1.165, 1.54) is 30.4 Å². The monoisotopic (exact) mass is 282 g/mol. The molecule has 0 radical (unpaired) electrons. The van der Waals surface area contributed by atoms with Gasteiger partial charge in [-0.1, -0.05) is 12.1 Å². The van der Waals surface area contributed by atoms with Crippen molar-refractivity contribution in [3.05, 3.63) is 53.3 Å². The summed E-state index contributed by atoms with van der Waals surface area (Å²) in [6, 6.07) is 10.2. The molecule has 0 unspecified atom stereocenters. The lowest BCUT2D eigenvalue weighted by Crippen LogP contribution is -2.02. The van der Waals surface area contributed by atoms with E-state index in [-0.39, 0.29) is 0 Å². The minimum atomic E-state index is -0.959. The topological polar surface area (TPSA) is 50.4 Å². The van der Waals surface area contributed by atoms with E-state index in [4.69, 9.17) is 9.52 Å². The second kappa shape index (κ2) is 5.60. The van der Waals surface area contributed by atoms with Crippen LogP contribution < -0.4 is 0 Å². The zero-order valence-corrected chi connectivity index (χ0v) is 12.1. The van der Waals surface area contributed by atoms with Gasteiger partial charge in [0.2, 0.25) is 0 Å². The molecule has 1 aromatic heterocycles. The number of fused-ring (bicyclic) bond motifs is 1. The van der Waals surface area contributed by atoms with E-state index in [2.05, 4.69) is 18.2 Å². The number of rotatable bonds is 3. The Hall–Kier alpha value is -2.29. The van der Waals surface area contributed by atoms with Crippen LogP contribution in [-0.4, -0.2) is 11.1 Å².